The molecule has 0 aliphatic rings. The zero-order valence-electron chi connectivity index (χ0n) is 17.0. The van der Waals surface area contributed by atoms with E-state index in [1.165, 1.54) is 30.3 Å². The van der Waals surface area contributed by atoms with Crippen LogP contribution in [-0.4, -0.2) is 30.3 Å². The molecule has 160 valence electrons. The highest BCUT2D eigenvalue weighted by Gasteiger charge is 2.09. The van der Waals surface area contributed by atoms with Crippen molar-refractivity contribution in [2.24, 2.45) is 0 Å². The van der Waals surface area contributed by atoms with Crippen LogP contribution in [0.15, 0.2) is 61.2 Å². The minimum atomic E-state index is -0.466. The summed E-state index contributed by atoms with van der Waals surface area (Å²) < 4.78 is 15.9. The monoisotopic (exact) mass is 412 g/mol. The summed E-state index contributed by atoms with van der Waals surface area (Å²) in [5, 5.41) is 9.25. The Balaban J connectivity index is 1.56. The number of carbonyl (C=O) groups excluding carboxylic acids is 2. The van der Waals surface area contributed by atoms with Gasteiger partial charge in [-0.15, -0.1) is 0 Å². The van der Waals surface area contributed by atoms with Crippen molar-refractivity contribution in [3.63, 3.8) is 0 Å². The van der Waals surface area contributed by atoms with Gasteiger partial charge in [-0.05, 0) is 61.4 Å². The first-order valence-electron chi connectivity index (χ1n) is 10.1. The van der Waals surface area contributed by atoms with Gasteiger partial charge in [-0.3, -0.25) is 0 Å². The molecule has 0 atom stereocenters. The van der Waals surface area contributed by atoms with E-state index in [0.29, 0.717) is 30.3 Å². The van der Waals surface area contributed by atoms with Gasteiger partial charge in [0.2, 0.25) is 0 Å². The summed E-state index contributed by atoms with van der Waals surface area (Å²) in [5.74, 6) is 0.361. The normalized spacial score (nSPS) is 10.3. The fourth-order valence-electron chi connectivity index (χ4n) is 2.70. The minimum Gasteiger partial charge on any atom is -0.508 e. The molecular weight excluding hydrogens is 384 g/mol. The van der Waals surface area contributed by atoms with Crippen molar-refractivity contribution in [2.75, 3.05) is 13.2 Å². The molecule has 1 N–H and O–H groups in total. The van der Waals surface area contributed by atoms with Crippen molar-refractivity contribution in [2.45, 2.75) is 38.5 Å². The first-order valence-corrected chi connectivity index (χ1v) is 10.1. The SMILES string of the molecule is C=CC(=O)OCCCCCCCCOc1ccc(C(=O)Oc2ccc(O)cc2)cc1. The number of esters is 2. The third-order valence-electron chi connectivity index (χ3n) is 4.36. The lowest BCUT2D eigenvalue weighted by Crippen LogP contribution is -2.08. The predicted molar refractivity (Wildman–Crippen MR) is 114 cm³/mol. The van der Waals surface area contributed by atoms with Crippen LogP contribution in [0.25, 0.3) is 0 Å². The van der Waals surface area contributed by atoms with Crippen LogP contribution in [0, 0.1) is 0 Å². The van der Waals surface area contributed by atoms with Crippen molar-refractivity contribution in [1.82, 2.24) is 0 Å². The molecule has 2 rings (SSSR count). The summed E-state index contributed by atoms with van der Waals surface area (Å²) in [5.41, 5.74) is 0.425. The average molecular weight is 412 g/mol. The van der Waals surface area contributed by atoms with Gasteiger partial charge in [0.1, 0.15) is 17.2 Å². The Bertz CT molecular complexity index is 795. The first kappa shape index (κ1) is 23.0. The zero-order valence-corrected chi connectivity index (χ0v) is 17.0. The van der Waals surface area contributed by atoms with E-state index in [1.807, 2.05) is 0 Å². The van der Waals surface area contributed by atoms with E-state index >= 15 is 0 Å². The molecule has 6 heteroatoms. The minimum absolute atomic E-state index is 0.114. The Labute approximate surface area is 177 Å². The molecule has 0 bridgehead atoms. The molecule has 0 amide bonds. The highest BCUT2D eigenvalue weighted by atomic mass is 16.5. The van der Waals surface area contributed by atoms with Gasteiger partial charge < -0.3 is 19.3 Å². The fraction of sp³-hybridized carbons (Fsp3) is 0.333. The summed E-state index contributed by atoms with van der Waals surface area (Å²) in [6, 6.07) is 12.8. The van der Waals surface area contributed by atoms with E-state index in [2.05, 4.69) is 6.58 Å². The Morgan fingerprint density at radius 2 is 1.37 bits per heavy atom. The van der Waals surface area contributed by atoms with Crippen LogP contribution in [0.5, 0.6) is 17.2 Å². The zero-order chi connectivity index (χ0) is 21.6. The number of hydrogen-bond donors (Lipinski definition) is 1. The number of phenolic OH excluding ortho intramolecular Hbond substituents is 1. The Hall–Kier alpha value is -3.28. The van der Waals surface area contributed by atoms with Gasteiger partial charge in [-0.1, -0.05) is 32.3 Å². The van der Waals surface area contributed by atoms with Crippen molar-refractivity contribution in [3.05, 3.63) is 66.7 Å². The second kappa shape index (κ2) is 13.0. The van der Waals surface area contributed by atoms with Crippen LogP contribution in [0.4, 0.5) is 0 Å². The van der Waals surface area contributed by atoms with Crippen LogP contribution in [0.1, 0.15) is 48.9 Å². The summed E-state index contributed by atoms with van der Waals surface area (Å²) in [6.07, 6.45) is 7.32. The number of phenols is 1. The van der Waals surface area contributed by atoms with Crippen molar-refractivity contribution < 1.29 is 28.9 Å². The van der Waals surface area contributed by atoms with Gasteiger partial charge in [0.15, 0.2) is 0 Å². The highest BCUT2D eigenvalue weighted by molar-refractivity contribution is 5.91. The fourth-order valence-corrected chi connectivity index (χ4v) is 2.70. The number of aromatic hydroxyl groups is 1. The van der Waals surface area contributed by atoms with Crippen LogP contribution < -0.4 is 9.47 Å². The van der Waals surface area contributed by atoms with Crippen LogP contribution in [0.3, 0.4) is 0 Å². The molecule has 0 heterocycles. The van der Waals surface area contributed by atoms with Gasteiger partial charge in [0, 0.05) is 6.08 Å². The molecule has 0 aliphatic heterocycles. The molecule has 0 fully saturated rings. The lowest BCUT2D eigenvalue weighted by Gasteiger charge is -2.08. The molecule has 2 aromatic rings. The molecule has 0 aromatic heterocycles. The molecule has 0 spiro atoms. The van der Waals surface area contributed by atoms with Crippen LogP contribution >= 0.6 is 0 Å². The molecule has 0 aliphatic carbocycles. The van der Waals surface area contributed by atoms with Gasteiger partial charge in [0.25, 0.3) is 0 Å². The second-order valence-corrected chi connectivity index (χ2v) is 6.75. The number of unbranched alkanes of at least 4 members (excludes halogenated alkanes) is 5. The summed E-state index contributed by atoms with van der Waals surface area (Å²) in [6.45, 7) is 4.43. The predicted octanol–water partition coefficient (Wildman–Crippen LogP) is 5.06. The largest absolute Gasteiger partial charge is 0.508 e. The second-order valence-electron chi connectivity index (χ2n) is 6.75. The summed E-state index contributed by atoms with van der Waals surface area (Å²) in [4.78, 5) is 23.0. The van der Waals surface area contributed by atoms with Crippen molar-refractivity contribution >= 4 is 11.9 Å². The molecule has 30 heavy (non-hydrogen) atoms. The number of rotatable bonds is 13. The molecule has 0 radical (unpaired) electrons. The van der Waals surface area contributed by atoms with Crippen LogP contribution in [-0.2, 0) is 9.53 Å². The number of ether oxygens (including phenoxy) is 3. The molecule has 2 aromatic carbocycles. The average Bonchev–Trinajstić information content (AvgIpc) is 2.76. The maximum absolute atomic E-state index is 12.1. The molecule has 6 nitrogen and oxygen atoms in total. The van der Waals surface area contributed by atoms with E-state index in [0.717, 1.165) is 38.5 Å². The standard InChI is InChI=1S/C24H28O6/c1-2-23(26)29-18-8-6-4-3-5-7-17-28-21-13-9-19(10-14-21)24(27)30-22-15-11-20(25)12-16-22/h2,9-16,25H,1,3-8,17-18H2. The summed E-state index contributed by atoms with van der Waals surface area (Å²) >= 11 is 0. The van der Waals surface area contributed by atoms with E-state index < -0.39 is 5.97 Å². The molecule has 0 saturated carbocycles. The maximum Gasteiger partial charge on any atom is 0.343 e. The van der Waals surface area contributed by atoms with E-state index in [-0.39, 0.29) is 11.7 Å². The summed E-state index contributed by atoms with van der Waals surface area (Å²) in [7, 11) is 0. The first-order chi connectivity index (χ1) is 14.6. The Morgan fingerprint density at radius 3 is 2.00 bits per heavy atom. The van der Waals surface area contributed by atoms with Gasteiger partial charge in [-0.2, -0.15) is 0 Å². The quantitative estimate of drug-likeness (QED) is 0.214. The van der Waals surface area contributed by atoms with Crippen molar-refractivity contribution in [3.8, 4) is 17.2 Å². The van der Waals surface area contributed by atoms with Crippen LogP contribution in [0.2, 0.25) is 0 Å². The van der Waals surface area contributed by atoms with E-state index in [9.17, 15) is 14.7 Å². The van der Waals surface area contributed by atoms with E-state index in [4.69, 9.17) is 14.2 Å². The lowest BCUT2D eigenvalue weighted by molar-refractivity contribution is -0.137. The Kier molecular flexibility index (Phi) is 10.00. The number of carbonyl (C=O) groups is 2. The van der Waals surface area contributed by atoms with Gasteiger partial charge >= 0.3 is 11.9 Å². The van der Waals surface area contributed by atoms with Gasteiger partial charge in [-0.25, -0.2) is 9.59 Å². The highest BCUT2D eigenvalue weighted by Crippen LogP contribution is 2.19. The number of benzene rings is 2. The van der Waals surface area contributed by atoms with E-state index in [1.54, 1.807) is 24.3 Å². The van der Waals surface area contributed by atoms with Gasteiger partial charge in [0.05, 0.1) is 18.8 Å². The molecule has 0 unspecified atom stereocenters. The smallest absolute Gasteiger partial charge is 0.343 e. The lowest BCUT2D eigenvalue weighted by atomic mass is 10.1. The molecular formula is C24H28O6. The third-order valence-corrected chi connectivity index (χ3v) is 4.36. The topological polar surface area (TPSA) is 82.1 Å². The third kappa shape index (κ3) is 8.82. The maximum atomic E-state index is 12.1. The Morgan fingerprint density at radius 1 is 0.800 bits per heavy atom. The molecule has 0 saturated heterocycles. The number of hydrogen-bond acceptors (Lipinski definition) is 6. The van der Waals surface area contributed by atoms with Crippen molar-refractivity contribution in [1.29, 1.82) is 0 Å².